The number of anilines is 1. The molecule has 1 aromatic carbocycles. The van der Waals surface area contributed by atoms with Crippen molar-refractivity contribution >= 4 is 17.5 Å². The number of hydrogen-bond acceptors (Lipinski definition) is 4. The summed E-state index contributed by atoms with van der Waals surface area (Å²) in [6.07, 6.45) is 4.21. The molecule has 144 valence electrons. The molecule has 0 bridgehead atoms. The highest BCUT2D eigenvalue weighted by molar-refractivity contribution is 5.91. The minimum absolute atomic E-state index is 0.0137. The van der Waals surface area contributed by atoms with Crippen LogP contribution in [0, 0.1) is 5.92 Å². The van der Waals surface area contributed by atoms with Gasteiger partial charge in [-0.15, -0.1) is 0 Å². The van der Waals surface area contributed by atoms with Gasteiger partial charge in [0.1, 0.15) is 5.69 Å². The second-order valence-electron chi connectivity index (χ2n) is 7.40. The van der Waals surface area contributed by atoms with Gasteiger partial charge in [-0.05, 0) is 63.9 Å². The van der Waals surface area contributed by atoms with Crippen molar-refractivity contribution in [2.45, 2.75) is 45.2 Å². The lowest BCUT2D eigenvalue weighted by atomic mass is 9.94. The summed E-state index contributed by atoms with van der Waals surface area (Å²) in [7, 11) is 2.15. The van der Waals surface area contributed by atoms with Crippen LogP contribution in [-0.2, 0) is 4.79 Å². The van der Waals surface area contributed by atoms with Crippen molar-refractivity contribution in [2.75, 3.05) is 12.4 Å². The van der Waals surface area contributed by atoms with Gasteiger partial charge >= 0.3 is 0 Å². The quantitative estimate of drug-likeness (QED) is 0.818. The van der Waals surface area contributed by atoms with Gasteiger partial charge in [0.25, 0.3) is 5.91 Å². The molecule has 3 unspecified atom stereocenters. The number of benzene rings is 1. The van der Waals surface area contributed by atoms with E-state index < -0.39 is 5.91 Å². The average Bonchev–Trinajstić information content (AvgIpc) is 3.22. The van der Waals surface area contributed by atoms with Gasteiger partial charge < -0.3 is 16.0 Å². The number of primary amides is 1. The molecular formula is C20H27N5O2. The molecule has 1 fully saturated rings. The topological polar surface area (TPSA) is 93.2 Å². The zero-order valence-corrected chi connectivity index (χ0v) is 16.1. The van der Waals surface area contributed by atoms with Crippen LogP contribution in [0.2, 0.25) is 0 Å². The molecular weight excluding hydrogens is 342 g/mol. The molecule has 2 heterocycles. The first-order valence-electron chi connectivity index (χ1n) is 9.33. The Kier molecular flexibility index (Phi) is 5.60. The lowest BCUT2D eigenvalue weighted by Crippen LogP contribution is -2.30. The maximum Gasteiger partial charge on any atom is 0.269 e. The normalized spacial score (nSPS) is 22.7. The molecule has 2 amide bonds. The SMILES string of the molecule is CC1CC(CCC(=O)Nc2cccc(-n3ccc(C(N)=O)n3)c2)C(C)N1C. The Morgan fingerprint density at radius 2 is 2.07 bits per heavy atom. The highest BCUT2D eigenvalue weighted by Gasteiger charge is 2.33. The average molecular weight is 369 g/mol. The number of carbonyl (C=O) groups excluding carboxylic acids is 2. The van der Waals surface area contributed by atoms with Crippen LogP contribution in [-0.4, -0.2) is 45.6 Å². The molecule has 3 rings (SSSR count). The van der Waals surface area contributed by atoms with E-state index in [1.165, 1.54) is 0 Å². The van der Waals surface area contributed by atoms with Crippen LogP contribution >= 0.6 is 0 Å². The molecule has 0 aliphatic carbocycles. The van der Waals surface area contributed by atoms with Crippen molar-refractivity contribution in [3.63, 3.8) is 0 Å². The van der Waals surface area contributed by atoms with Gasteiger partial charge in [0.05, 0.1) is 5.69 Å². The Hall–Kier alpha value is -2.67. The monoisotopic (exact) mass is 369 g/mol. The molecule has 0 radical (unpaired) electrons. The molecule has 3 atom stereocenters. The van der Waals surface area contributed by atoms with E-state index in [0.717, 1.165) is 18.5 Å². The van der Waals surface area contributed by atoms with E-state index in [1.54, 1.807) is 16.9 Å². The summed E-state index contributed by atoms with van der Waals surface area (Å²) < 4.78 is 1.56. The molecule has 1 aromatic heterocycles. The van der Waals surface area contributed by atoms with Crippen LogP contribution in [0.25, 0.3) is 5.69 Å². The van der Waals surface area contributed by atoms with Crippen LogP contribution in [0.1, 0.15) is 43.6 Å². The zero-order chi connectivity index (χ0) is 19.6. The number of nitrogens with two attached hydrogens (primary N) is 1. The van der Waals surface area contributed by atoms with E-state index in [1.807, 2.05) is 24.3 Å². The molecule has 7 nitrogen and oxygen atoms in total. The molecule has 0 saturated carbocycles. The van der Waals surface area contributed by atoms with Crippen LogP contribution in [0.5, 0.6) is 0 Å². The number of nitrogens with one attached hydrogen (secondary N) is 1. The van der Waals surface area contributed by atoms with Gasteiger partial charge in [-0.2, -0.15) is 5.10 Å². The Bertz CT molecular complexity index is 831. The maximum absolute atomic E-state index is 12.4. The van der Waals surface area contributed by atoms with Crippen LogP contribution in [0.3, 0.4) is 0 Å². The van der Waals surface area contributed by atoms with Crippen molar-refractivity contribution in [3.8, 4) is 5.69 Å². The predicted molar refractivity (Wildman–Crippen MR) is 105 cm³/mol. The van der Waals surface area contributed by atoms with Crippen molar-refractivity contribution in [2.24, 2.45) is 11.7 Å². The highest BCUT2D eigenvalue weighted by Crippen LogP contribution is 2.31. The van der Waals surface area contributed by atoms with Gasteiger partial charge in [0, 0.05) is 30.4 Å². The van der Waals surface area contributed by atoms with E-state index in [-0.39, 0.29) is 11.6 Å². The third-order valence-corrected chi connectivity index (χ3v) is 5.64. The molecule has 2 aromatic rings. The smallest absolute Gasteiger partial charge is 0.269 e. The molecule has 1 aliphatic rings. The minimum atomic E-state index is -0.570. The summed E-state index contributed by atoms with van der Waals surface area (Å²) in [6.45, 7) is 4.47. The fraction of sp³-hybridized carbons (Fsp3) is 0.450. The van der Waals surface area contributed by atoms with Gasteiger partial charge in [-0.25, -0.2) is 4.68 Å². The Morgan fingerprint density at radius 3 is 2.70 bits per heavy atom. The highest BCUT2D eigenvalue weighted by atomic mass is 16.2. The van der Waals surface area contributed by atoms with Crippen molar-refractivity contribution in [3.05, 3.63) is 42.2 Å². The lowest BCUT2D eigenvalue weighted by molar-refractivity contribution is -0.116. The molecule has 1 aliphatic heterocycles. The minimum Gasteiger partial charge on any atom is -0.364 e. The first kappa shape index (κ1) is 19.1. The van der Waals surface area contributed by atoms with E-state index in [0.29, 0.717) is 30.1 Å². The summed E-state index contributed by atoms with van der Waals surface area (Å²) in [5, 5.41) is 7.09. The van der Waals surface area contributed by atoms with Gasteiger partial charge in [0.2, 0.25) is 5.91 Å². The molecule has 7 heteroatoms. The van der Waals surface area contributed by atoms with E-state index in [4.69, 9.17) is 5.73 Å². The second-order valence-corrected chi connectivity index (χ2v) is 7.40. The number of amides is 2. The molecule has 27 heavy (non-hydrogen) atoms. The predicted octanol–water partition coefficient (Wildman–Crippen LogP) is 2.42. The number of nitrogens with zero attached hydrogens (tertiary/aromatic N) is 3. The second kappa shape index (κ2) is 7.92. The molecule has 0 spiro atoms. The van der Waals surface area contributed by atoms with Gasteiger partial charge in [-0.3, -0.25) is 9.59 Å². The lowest BCUT2D eigenvalue weighted by Gasteiger charge is -2.22. The van der Waals surface area contributed by atoms with Crippen molar-refractivity contribution < 1.29 is 9.59 Å². The van der Waals surface area contributed by atoms with Crippen LogP contribution in [0.15, 0.2) is 36.5 Å². The summed E-state index contributed by atoms with van der Waals surface area (Å²) >= 11 is 0. The van der Waals surface area contributed by atoms with Crippen molar-refractivity contribution in [1.29, 1.82) is 0 Å². The Balaban J connectivity index is 1.59. The number of rotatable bonds is 6. The fourth-order valence-electron chi connectivity index (χ4n) is 3.76. The van der Waals surface area contributed by atoms with Crippen molar-refractivity contribution in [1.82, 2.24) is 14.7 Å². The summed E-state index contributed by atoms with van der Waals surface area (Å²) in [5.41, 5.74) is 6.90. The van der Waals surface area contributed by atoms with Crippen LogP contribution < -0.4 is 11.1 Å². The zero-order valence-electron chi connectivity index (χ0n) is 16.1. The number of carbonyl (C=O) groups is 2. The fourth-order valence-corrected chi connectivity index (χ4v) is 3.76. The third-order valence-electron chi connectivity index (χ3n) is 5.64. The first-order valence-corrected chi connectivity index (χ1v) is 9.33. The third kappa shape index (κ3) is 4.36. The Labute approximate surface area is 159 Å². The standard InChI is InChI=1S/C20H27N5O2/c1-13-11-15(14(2)24(13)3)7-8-19(26)22-16-5-4-6-17(12-16)25-10-9-18(23-25)20(21)27/h4-6,9-10,12-15H,7-8,11H2,1-3H3,(H2,21,27)(H,22,26). The number of hydrogen-bond donors (Lipinski definition) is 2. The first-order chi connectivity index (χ1) is 12.8. The number of likely N-dealkylation sites (tertiary alicyclic amines) is 1. The maximum atomic E-state index is 12.4. The van der Waals surface area contributed by atoms with E-state index in [9.17, 15) is 9.59 Å². The summed E-state index contributed by atoms with van der Waals surface area (Å²) in [6, 6.07) is 10.0. The number of aromatic nitrogens is 2. The molecule has 1 saturated heterocycles. The molecule has 3 N–H and O–H groups in total. The summed E-state index contributed by atoms with van der Waals surface area (Å²) in [4.78, 5) is 25.9. The van der Waals surface area contributed by atoms with Gasteiger partial charge in [-0.1, -0.05) is 6.07 Å². The summed E-state index contributed by atoms with van der Waals surface area (Å²) in [5.74, 6) is -0.00228. The van der Waals surface area contributed by atoms with E-state index >= 15 is 0 Å². The largest absolute Gasteiger partial charge is 0.364 e. The Morgan fingerprint density at radius 1 is 1.30 bits per heavy atom. The van der Waals surface area contributed by atoms with E-state index in [2.05, 4.69) is 36.2 Å². The van der Waals surface area contributed by atoms with Crippen LogP contribution in [0.4, 0.5) is 5.69 Å². The van der Waals surface area contributed by atoms with Gasteiger partial charge in [0.15, 0.2) is 0 Å².